The maximum absolute atomic E-state index is 12.9. The fraction of sp³-hybridized carbons (Fsp3) is 0.458. The molecule has 0 spiro atoms. The third kappa shape index (κ3) is 3.71. The van der Waals surface area contributed by atoms with Gasteiger partial charge < -0.3 is 9.80 Å². The normalized spacial score (nSPS) is 20.9. The van der Waals surface area contributed by atoms with Crippen LogP contribution in [0.1, 0.15) is 34.3 Å². The zero-order chi connectivity index (χ0) is 19.6. The van der Waals surface area contributed by atoms with Crippen molar-refractivity contribution in [1.82, 2.24) is 14.7 Å². The first-order valence-electron chi connectivity index (χ1n) is 10.4. The molecule has 0 N–H and O–H groups in total. The number of carbonyl (C=O) groups excluding carboxylic acids is 1. The predicted molar refractivity (Wildman–Crippen MR) is 114 cm³/mol. The Morgan fingerprint density at radius 1 is 0.857 bits per heavy atom. The van der Waals surface area contributed by atoms with Crippen molar-refractivity contribution in [1.29, 1.82) is 0 Å². The Bertz CT molecular complexity index is 804. The highest BCUT2D eigenvalue weighted by atomic mass is 16.2. The first-order chi connectivity index (χ1) is 13.6. The summed E-state index contributed by atoms with van der Waals surface area (Å²) in [6.45, 7) is 7.77. The van der Waals surface area contributed by atoms with Gasteiger partial charge in [0.25, 0.3) is 5.91 Å². The van der Waals surface area contributed by atoms with Crippen LogP contribution in [0.15, 0.2) is 54.6 Å². The van der Waals surface area contributed by atoms with Crippen LogP contribution in [0, 0.1) is 6.92 Å². The van der Waals surface area contributed by atoms with Crippen LogP contribution in [0.2, 0.25) is 0 Å². The van der Waals surface area contributed by atoms with Crippen LogP contribution in [0.3, 0.4) is 0 Å². The van der Waals surface area contributed by atoms with Crippen molar-refractivity contribution >= 4 is 5.91 Å². The maximum atomic E-state index is 12.9. The van der Waals surface area contributed by atoms with E-state index in [1.807, 2.05) is 36.1 Å². The third-order valence-electron chi connectivity index (χ3n) is 6.56. The maximum Gasteiger partial charge on any atom is 0.253 e. The molecule has 2 heterocycles. The molecule has 0 atom stereocenters. The fourth-order valence-electron chi connectivity index (χ4n) is 4.82. The van der Waals surface area contributed by atoms with Gasteiger partial charge in [-0.25, -0.2) is 0 Å². The summed E-state index contributed by atoms with van der Waals surface area (Å²) in [5.74, 6) is 0.167. The molecule has 4 heteroatoms. The van der Waals surface area contributed by atoms with E-state index in [0.29, 0.717) is 0 Å². The smallest absolute Gasteiger partial charge is 0.253 e. The molecule has 148 valence electrons. The summed E-state index contributed by atoms with van der Waals surface area (Å²) in [5, 5.41) is 0. The number of carbonyl (C=O) groups is 1. The molecule has 0 bridgehead atoms. The minimum absolute atomic E-state index is 0.103. The van der Waals surface area contributed by atoms with Crippen LogP contribution in [0.5, 0.6) is 0 Å². The Balaban J connectivity index is 1.50. The van der Waals surface area contributed by atoms with Gasteiger partial charge in [0.1, 0.15) is 0 Å². The second-order valence-corrected chi connectivity index (χ2v) is 8.35. The summed E-state index contributed by atoms with van der Waals surface area (Å²) in [6, 6.07) is 18.9. The molecule has 0 saturated carbocycles. The van der Waals surface area contributed by atoms with Crippen LogP contribution >= 0.6 is 0 Å². The molecular weight excluding hydrogens is 346 g/mol. The molecule has 1 amide bonds. The fourth-order valence-corrected chi connectivity index (χ4v) is 4.82. The molecule has 4 rings (SSSR count). The second kappa shape index (κ2) is 8.06. The van der Waals surface area contributed by atoms with E-state index in [1.165, 1.54) is 5.56 Å². The first-order valence-corrected chi connectivity index (χ1v) is 10.4. The van der Waals surface area contributed by atoms with E-state index in [4.69, 9.17) is 0 Å². The van der Waals surface area contributed by atoms with E-state index < -0.39 is 0 Å². The highest BCUT2D eigenvalue weighted by molar-refractivity contribution is 5.94. The lowest BCUT2D eigenvalue weighted by atomic mass is 9.79. The topological polar surface area (TPSA) is 26.8 Å². The minimum atomic E-state index is 0.103. The molecule has 2 saturated heterocycles. The van der Waals surface area contributed by atoms with Crippen molar-refractivity contribution in [3.05, 3.63) is 71.3 Å². The lowest BCUT2D eigenvalue weighted by molar-refractivity contribution is -0.00752. The van der Waals surface area contributed by atoms with Crippen molar-refractivity contribution < 1.29 is 4.79 Å². The number of hydrogen-bond acceptors (Lipinski definition) is 3. The zero-order valence-electron chi connectivity index (χ0n) is 17.1. The Morgan fingerprint density at radius 2 is 1.54 bits per heavy atom. The number of nitrogens with zero attached hydrogens (tertiary/aromatic N) is 3. The van der Waals surface area contributed by atoms with Crippen molar-refractivity contribution in [2.45, 2.75) is 25.3 Å². The molecule has 2 aliphatic heterocycles. The van der Waals surface area contributed by atoms with Gasteiger partial charge in [0.15, 0.2) is 0 Å². The predicted octanol–water partition coefficient (Wildman–Crippen LogP) is 3.37. The number of likely N-dealkylation sites (tertiary alicyclic amines) is 1. The second-order valence-electron chi connectivity index (χ2n) is 8.35. The van der Waals surface area contributed by atoms with Crippen LogP contribution in [-0.2, 0) is 5.54 Å². The summed E-state index contributed by atoms with van der Waals surface area (Å²) < 4.78 is 0. The van der Waals surface area contributed by atoms with Gasteiger partial charge in [0.05, 0.1) is 0 Å². The summed E-state index contributed by atoms with van der Waals surface area (Å²) in [4.78, 5) is 20.0. The third-order valence-corrected chi connectivity index (χ3v) is 6.56. The number of benzene rings is 2. The molecule has 2 aromatic rings. The Kier molecular flexibility index (Phi) is 5.51. The molecule has 4 nitrogen and oxygen atoms in total. The van der Waals surface area contributed by atoms with E-state index in [2.05, 4.69) is 47.2 Å². The van der Waals surface area contributed by atoms with Gasteiger partial charge in [0.2, 0.25) is 0 Å². The molecule has 0 aliphatic carbocycles. The van der Waals surface area contributed by atoms with Crippen molar-refractivity contribution in [3.8, 4) is 0 Å². The number of piperidine rings is 1. The summed E-state index contributed by atoms with van der Waals surface area (Å²) in [5.41, 5.74) is 3.48. The molecule has 0 aromatic heterocycles. The van der Waals surface area contributed by atoms with Crippen molar-refractivity contribution in [2.75, 3.05) is 46.3 Å². The van der Waals surface area contributed by atoms with Crippen molar-refractivity contribution in [2.24, 2.45) is 0 Å². The average Bonchev–Trinajstić information content (AvgIpc) is 2.75. The first kappa shape index (κ1) is 19.2. The molecule has 2 fully saturated rings. The van der Waals surface area contributed by atoms with E-state index in [0.717, 1.165) is 63.2 Å². The van der Waals surface area contributed by atoms with Crippen LogP contribution in [-0.4, -0.2) is 66.9 Å². The van der Waals surface area contributed by atoms with Gasteiger partial charge in [-0.2, -0.15) is 0 Å². The van der Waals surface area contributed by atoms with E-state index in [1.54, 1.807) is 0 Å². The zero-order valence-corrected chi connectivity index (χ0v) is 17.1. The highest BCUT2D eigenvalue weighted by Crippen LogP contribution is 2.39. The number of amides is 1. The minimum Gasteiger partial charge on any atom is -0.336 e. The van der Waals surface area contributed by atoms with Crippen molar-refractivity contribution in [3.63, 3.8) is 0 Å². The Morgan fingerprint density at radius 3 is 2.18 bits per heavy atom. The summed E-state index contributed by atoms with van der Waals surface area (Å²) in [7, 11) is 2.22. The molecule has 28 heavy (non-hydrogen) atoms. The van der Waals surface area contributed by atoms with Crippen LogP contribution in [0.4, 0.5) is 0 Å². The summed E-state index contributed by atoms with van der Waals surface area (Å²) in [6.07, 6.45) is 2.30. The lowest BCUT2D eigenvalue weighted by Crippen LogP contribution is -2.59. The molecule has 0 radical (unpaired) electrons. The molecular formula is C24H31N3O. The van der Waals surface area contributed by atoms with Gasteiger partial charge in [-0.15, -0.1) is 0 Å². The molecule has 2 aromatic carbocycles. The summed E-state index contributed by atoms with van der Waals surface area (Å²) >= 11 is 0. The monoisotopic (exact) mass is 377 g/mol. The largest absolute Gasteiger partial charge is 0.336 e. The van der Waals surface area contributed by atoms with Gasteiger partial charge in [-0.3, -0.25) is 9.69 Å². The van der Waals surface area contributed by atoms with E-state index in [-0.39, 0.29) is 11.4 Å². The van der Waals surface area contributed by atoms with E-state index >= 15 is 0 Å². The number of piperazine rings is 1. The lowest BCUT2D eigenvalue weighted by Gasteiger charge is -2.51. The molecule has 2 aliphatic rings. The van der Waals surface area contributed by atoms with Gasteiger partial charge in [-0.1, -0.05) is 48.0 Å². The quantitative estimate of drug-likeness (QED) is 0.821. The Hall–Kier alpha value is -2.17. The van der Waals surface area contributed by atoms with Gasteiger partial charge in [0, 0.05) is 37.3 Å². The number of hydrogen-bond donors (Lipinski definition) is 0. The van der Waals surface area contributed by atoms with Gasteiger partial charge in [-0.05, 0) is 57.6 Å². The van der Waals surface area contributed by atoms with Crippen LogP contribution < -0.4 is 0 Å². The average molecular weight is 378 g/mol. The molecule has 0 unspecified atom stereocenters. The van der Waals surface area contributed by atoms with Gasteiger partial charge >= 0.3 is 0 Å². The number of aryl methyl sites for hydroxylation is 1. The number of rotatable bonds is 3. The SMILES string of the molecule is Cc1cccc(C(=O)N2CCN(C3(c4ccccc4)CCN(C)CC3)CC2)c1. The van der Waals surface area contributed by atoms with Crippen LogP contribution in [0.25, 0.3) is 0 Å². The highest BCUT2D eigenvalue weighted by Gasteiger charge is 2.42. The van der Waals surface area contributed by atoms with E-state index in [9.17, 15) is 4.79 Å². The Labute approximate surface area is 168 Å². The standard InChI is InChI=1S/C24H31N3O/c1-20-7-6-8-21(19-20)23(28)26-15-17-27(18-16-26)24(11-13-25(2)14-12-24)22-9-4-3-5-10-22/h3-10,19H,11-18H2,1-2H3.